The highest BCUT2D eigenvalue weighted by Gasteiger charge is 2.30. The van der Waals surface area contributed by atoms with Crippen molar-refractivity contribution < 1.29 is 13.2 Å². The average molecular weight is 267 g/mol. The van der Waals surface area contributed by atoms with Gasteiger partial charge in [0.1, 0.15) is 21.3 Å². The molecule has 1 heterocycles. The van der Waals surface area contributed by atoms with Crippen LogP contribution in [-0.4, -0.2) is 8.42 Å². The van der Waals surface area contributed by atoms with Gasteiger partial charge in [-0.05, 0) is 24.3 Å². The summed E-state index contributed by atoms with van der Waals surface area (Å²) < 4.78 is 30.1. The van der Waals surface area contributed by atoms with Gasteiger partial charge in [0.15, 0.2) is 0 Å². The van der Waals surface area contributed by atoms with E-state index in [2.05, 4.69) is 0 Å². The van der Waals surface area contributed by atoms with E-state index < -0.39 is 9.84 Å². The SMILES string of the molecule is O=S1(=O)c2ccccc2Oc2cc(Cl)ccc21. The molecule has 0 aliphatic carbocycles. The Bertz CT molecular complexity index is 707. The van der Waals surface area contributed by atoms with Crippen molar-refractivity contribution in [3.05, 3.63) is 47.5 Å². The summed E-state index contributed by atoms with van der Waals surface area (Å²) in [7, 11) is -3.50. The van der Waals surface area contributed by atoms with Crippen LogP contribution in [0.25, 0.3) is 0 Å². The number of hydrogen-bond acceptors (Lipinski definition) is 3. The van der Waals surface area contributed by atoms with Crippen molar-refractivity contribution in [2.45, 2.75) is 9.79 Å². The smallest absolute Gasteiger partial charge is 0.213 e. The highest BCUT2D eigenvalue weighted by molar-refractivity contribution is 7.91. The molecule has 1 aliphatic rings. The lowest BCUT2D eigenvalue weighted by Crippen LogP contribution is -2.10. The molecular weight excluding hydrogens is 260 g/mol. The molecule has 1 aliphatic heterocycles. The molecule has 2 aromatic carbocycles. The van der Waals surface area contributed by atoms with E-state index in [0.717, 1.165) is 0 Å². The van der Waals surface area contributed by atoms with Crippen LogP contribution in [-0.2, 0) is 9.84 Å². The molecule has 0 amide bonds. The third-order valence-electron chi connectivity index (χ3n) is 2.55. The number of halogens is 1. The first-order valence-electron chi connectivity index (χ1n) is 4.90. The Morgan fingerprint density at radius 3 is 2.47 bits per heavy atom. The van der Waals surface area contributed by atoms with Gasteiger partial charge in [-0.25, -0.2) is 8.42 Å². The number of fused-ring (bicyclic) bond motifs is 2. The number of sulfone groups is 1. The second-order valence-corrected chi connectivity index (χ2v) is 5.97. The summed E-state index contributed by atoms with van der Waals surface area (Å²) in [5.41, 5.74) is 0. The molecule has 5 heteroatoms. The number of benzene rings is 2. The van der Waals surface area contributed by atoms with E-state index >= 15 is 0 Å². The predicted octanol–water partition coefficient (Wildman–Crippen LogP) is 3.28. The van der Waals surface area contributed by atoms with Crippen molar-refractivity contribution in [2.24, 2.45) is 0 Å². The fourth-order valence-corrected chi connectivity index (χ4v) is 3.42. The van der Waals surface area contributed by atoms with E-state index in [4.69, 9.17) is 16.3 Å². The zero-order valence-electron chi connectivity index (χ0n) is 8.55. The Labute approximate surface area is 104 Å². The summed E-state index contributed by atoms with van der Waals surface area (Å²) >= 11 is 5.82. The lowest BCUT2D eigenvalue weighted by Gasteiger charge is -2.19. The van der Waals surface area contributed by atoms with Crippen molar-refractivity contribution >= 4 is 21.4 Å². The molecule has 0 saturated heterocycles. The minimum atomic E-state index is -3.50. The van der Waals surface area contributed by atoms with E-state index in [9.17, 15) is 8.42 Å². The van der Waals surface area contributed by atoms with Gasteiger partial charge >= 0.3 is 0 Å². The highest BCUT2D eigenvalue weighted by atomic mass is 35.5. The Balaban J connectivity index is 2.35. The summed E-state index contributed by atoms with van der Waals surface area (Å²) in [6.45, 7) is 0. The minimum absolute atomic E-state index is 0.153. The quantitative estimate of drug-likeness (QED) is 0.627. The van der Waals surface area contributed by atoms with Crippen molar-refractivity contribution in [3.63, 3.8) is 0 Å². The Morgan fingerprint density at radius 1 is 0.941 bits per heavy atom. The fourth-order valence-electron chi connectivity index (χ4n) is 1.78. The number of hydrogen-bond donors (Lipinski definition) is 0. The molecule has 2 aromatic rings. The van der Waals surface area contributed by atoms with E-state index in [-0.39, 0.29) is 15.5 Å². The van der Waals surface area contributed by atoms with Crippen LogP contribution in [0.4, 0.5) is 0 Å². The number of ether oxygens (including phenoxy) is 1. The van der Waals surface area contributed by atoms with Crippen LogP contribution in [0.3, 0.4) is 0 Å². The minimum Gasteiger partial charge on any atom is -0.455 e. The number of rotatable bonds is 0. The molecule has 0 spiro atoms. The molecule has 0 unspecified atom stereocenters. The maximum Gasteiger partial charge on any atom is 0.213 e. The van der Waals surface area contributed by atoms with Crippen LogP contribution in [0.5, 0.6) is 11.5 Å². The van der Waals surface area contributed by atoms with Gasteiger partial charge in [-0.1, -0.05) is 23.7 Å². The highest BCUT2D eigenvalue weighted by Crippen LogP contribution is 2.42. The van der Waals surface area contributed by atoms with Gasteiger partial charge in [0.05, 0.1) is 0 Å². The van der Waals surface area contributed by atoms with Gasteiger partial charge < -0.3 is 4.74 Å². The van der Waals surface area contributed by atoms with Crippen LogP contribution >= 0.6 is 11.6 Å². The fraction of sp³-hybridized carbons (Fsp3) is 0. The number of para-hydroxylation sites is 1. The third-order valence-corrected chi connectivity index (χ3v) is 4.62. The molecule has 86 valence electrons. The van der Waals surface area contributed by atoms with Crippen LogP contribution < -0.4 is 4.74 Å². The van der Waals surface area contributed by atoms with Crippen molar-refractivity contribution in [3.8, 4) is 11.5 Å². The summed E-state index contributed by atoms with van der Waals surface area (Å²) in [6.07, 6.45) is 0. The van der Waals surface area contributed by atoms with Crippen LogP contribution in [0.1, 0.15) is 0 Å². The van der Waals surface area contributed by atoms with Gasteiger partial charge in [0.25, 0.3) is 0 Å². The first-order chi connectivity index (χ1) is 8.09. The average Bonchev–Trinajstić information content (AvgIpc) is 2.28. The maximum absolute atomic E-state index is 12.3. The molecule has 3 rings (SSSR count). The standard InChI is InChI=1S/C12H7ClO3S/c13-8-5-6-12-10(7-8)16-9-3-1-2-4-11(9)17(12,14)15/h1-7H. The molecule has 0 bridgehead atoms. The van der Waals surface area contributed by atoms with Gasteiger partial charge in [-0.3, -0.25) is 0 Å². The first-order valence-corrected chi connectivity index (χ1v) is 6.77. The molecule has 17 heavy (non-hydrogen) atoms. The van der Waals surface area contributed by atoms with Crippen molar-refractivity contribution in [1.82, 2.24) is 0 Å². The molecule has 0 atom stereocenters. The zero-order valence-corrected chi connectivity index (χ0v) is 10.1. The summed E-state index contributed by atoms with van der Waals surface area (Å²) in [6, 6.07) is 11.0. The van der Waals surface area contributed by atoms with Gasteiger partial charge in [0, 0.05) is 11.1 Å². The monoisotopic (exact) mass is 266 g/mol. The molecule has 0 aromatic heterocycles. The summed E-state index contributed by atoms with van der Waals surface area (Å²) in [4.78, 5) is 0.343. The van der Waals surface area contributed by atoms with Gasteiger partial charge in [0.2, 0.25) is 9.84 Å². The normalized spacial score (nSPS) is 15.6. The molecule has 0 radical (unpaired) electrons. The third kappa shape index (κ3) is 1.52. The maximum atomic E-state index is 12.3. The Morgan fingerprint density at radius 2 is 1.65 bits per heavy atom. The lowest BCUT2D eigenvalue weighted by atomic mass is 10.3. The van der Waals surface area contributed by atoms with Crippen LogP contribution in [0.15, 0.2) is 52.3 Å². The van der Waals surface area contributed by atoms with E-state index in [1.54, 1.807) is 18.2 Å². The largest absolute Gasteiger partial charge is 0.455 e. The van der Waals surface area contributed by atoms with E-state index in [1.807, 2.05) is 0 Å². The van der Waals surface area contributed by atoms with Gasteiger partial charge in [-0.2, -0.15) is 0 Å². The van der Waals surface area contributed by atoms with E-state index in [1.165, 1.54) is 24.3 Å². The van der Waals surface area contributed by atoms with E-state index in [0.29, 0.717) is 10.8 Å². The molecule has 0 saturated carbocycles. The summed E-state index contributed by atoms with van der Waals surface area (Å²) in [5.74, 6) is 0.610. The molecular formula is C12H7ClO3S. The Hall–Kier alpha value is -1.52. The van der Waals surface area contributed by atoms with Crippen molar-refractivity contribution in [2.75, 3.05) is 0 Å². The Kier molecular flexibility index (Phi) is 2.18. The second kappa shape index (κ2) is 3.48. The predicted molar refractivity (Wildman–Crippen MR) is 63.4 cm³/mol. The molecule has 3 nitrogen and oxygen atoms in total. The molecule has 0 N–H and O–H groups in total. The van der Waals surface area contributed by atoms with Crippen LogP contribution in [0.2, 0.25) is 5.02 Å². The van der Waals surface area contributed by atoms with Gasteiger partial charge in [-0.15, -0.1) is 0 Å². The first kappa shape index (κ1) is 10.6. The topological polar surface area (TPSA) is 43.4 Å². The summed E-state index contributed by atoms with van der Waals surface area (Å²) in [5, 5.41) is 0.443. The zero-order chi connectivity index (χ0) is 12.0. The van der Waals surface area contributed by atoms with Crippen molar-refractivity contribution in [1.29, 1.82) is 0 Å². The lowest BCUT2D eigenvalue weighted by molar-refractivity contribution is 0.443. The molecule has 0 fully saturated rings. The van der Waals surface area contributed by atoms with Crippen LogP contribution in [0, 0.1) is 0 Å². The second-order valence-electron chi connectivity index (χ2n) is 3.64.